The van der Waals surface area contributed by atoms with Gasteiger partial charge in [-0.3, -0.25) is 24.5 Å². The number of hydrogen-bond acceptors (Lipinski definition) is 7. The molecule has 2 rings (SSSR count). The van der Waals surface area contributed by atoms with Crippen LogP contribution >= 0.6 is 0 Å². The van der Waals surface area contributed by atoms with Crippen molar-refractivity contribution < 1.29 is 24.4 Å². The van der Waals surface area contributed by atoms with Gasteiger partial charge in [0.1, 0.15) is 5.82 Å². The maximum Gasteiger partial charge on any atom is 0.305 e. The van der Waals surface area contributed by atoms with Gasteiger partial charge < -0.3 is 21.1 Å². The van der Waals surface area contributed by atoms with Crippen LogP contribution in [0.25, 0.3) is 0 Å². The molecule has 0 bridgehead atoms. The molecule has 2 amide bonds. The average Bonchev–Trinajstić information content (AvgIpc) is 2.75. The molecule has 2 aromatic rings. The maximum absolute atomic E-state index is 12.3. The molecule has 1 heterocycles. The van der Waals surface area contributed by atoms with Crippen molar-refractivity contribution in [2.75, 3.05) is 18.4 Å². The Labute approximate surface area is 219 Å². The third-order valence-electron chi connectivity index (χ3n) is 4.77. The number of amides is 2. The fraction of sp³-hybridized carbons (Fsp3) is 0.364. The number of nitro benzene ring substituents is 1. The summed E-state index contributed by atoms with van der Waals surface area (Å²) in [6.45, 7) is 3.64. The van der Waals surface area contributed by atoms with E-state index in [-0.39, 0.29) is 54.1 Å². The number of aromatic nitrogens is 1. The number of nitrogens with zero attached hydrogens (tertiary/aromatic N) is 2. The Morgan fingerprint density at radius 3 is 2.53 bits per heavy atom. The molecular weight excluding hydrogens is 453 g/mol. The monoisotopic (exact) mass is 480 g/mol. The number of benzene rings is 1. The van der Waals surface area contributed by atoms with Crippen molar-refractivity contribution in [1.29, 1.82) is 0 Å². The SMILES string of the molecule is Cc1cccc(NCCCC(=O)NCC(=O)NC(CC(=O)O)c2ccc(C)c([N+](=O)[O-])c2)n1.[Na]. The van der Waals surface area contributed by atoms with Gasteiger partial charge in [-0.2, -0.15) is 0 Å². The molecule has 0 aliphatic rings. The largest absolute Gasteiger partial charge is 0.481 e. The number of pyridine rings is 1. The molecule has 1 radical (unpaired) electrons. The van der Waals surface area contributed by atoms with Gasteiger partial charge in [0.05, 0.1) is 23.9 Å². The molecular formula is C22H27N5NaO6. The number of carboxylic acids is 1. The van der Waals surface area contributed by atoms with Gasteiger partial charge in [-0.05, 0) is 38.0 Å². The Bertz CT molecular complexity index is 1030. The second-order valence-corrected chi connectivity index (χ2v) is 7.49. The van der Waals surface area contributed by atoms with Crippen molar-refractivity contribution in [3.8, 4) is 0 Å². The first-order chi connectivity index (χ1) is 15.7. The summed E-state index contributed by atoms with van der Waals surface area (Å²) >= 11 is 0. The summed E-state index contributed by atoms with van der Waals surface area (Å²) in [7, 11) is 0. The van der Waals surface area contributed by atoms with E-state index in [0.29, 0.717) is 24.1 Å². The van der Waals surface area contributed by atoms with E-state index in [0.717, 1.165) is 11.5 Å². The van der Waals surface area contributed by atoms with Crippen LogP contribution in [0, 0.1) is 24.0 Å². The molecule has 1 unspecified atom stereocenters. The third kappa shape index (κ3) is 9.86. The van der Waals surface area contributed by atoms with E-state index in [1.807, 2.05) is 25.1 Å². The van der Waals surface area contributed by atoms with Crippen LogP contribution in [-0.2, 0) is 14.4 Å². The molecule has 0 aliphatic heterocycles. The van der Waals surface area contributed by atoms with E-state index in [1.54, 1.807) is 6.92 Å². The van der Waals surface area contributed by atoms with E-state index in [4.69, 9.17) is 5.11 Å². The van der Waals surface area contributed by atoms with Crippen molar-refractivity contribution in [3.05, 3.63) is 63.3 Å². The van der Waals surface area contributed by atoms with Crippen LogP contribution in [0.3, 0.4) is 0 Å². The topological polar surface area (TPSA) is 164 Å². The number of carboxylic acid groups (broad SMARTS) is 1. The van der Waals surface area contributed by atoms with Gasteiger partial charge in [-0.1, -0.05) is 18.2 Å². The van der Waals surface area contributed by atoms with Gasteiger partial charge >= 0.3 is 5.97 Å². The summed E-state index contributed by atoms with van der Waals surface area (Å²) in [5.74, 6) is -1.39. The van der Waals surface area contributed by atoms with E-state index in [9.17, 15) is 24.5 Å². The molecule has 1 atom stereocenters. The summed E-state index contributed by atoms with van der Waals surface area (Å²) in [5, 5.41) is 28.5. The molecule has 34 heavy (non-hydrogen) atoms. The molecule has 12 heteroatoms. The van der Waals surface area contributed by atoms with E-state index < -0.39 is 29.3 Å². The third-order valence-corrected chi connectivity index (χ3v) is 4.77. The minimum atomic E-state index is -1.18. The maximum atomic E-state index is 12.3. The zero-order valence-electron chi connectivity index (χ0n) is 19.5. The van der Waals surface area contributed by atoms with Gasteiger partial charge in [-0.25, -0.2) is 4.98 Å². The van der Waals surface area contributed by atoms with Gasteiger partial charge in [-0.15, -0.1) is 0 Å². The predicted molar refractivity (Wildman–Crippen MR) is 126 cm³/mol. The number of nitrogens with one attached hydrogen (secondary N) is 3. The van der Waals surface area contributed by atoms with Gasteiger partial charge in [0, 0.05) is 59.8 Å². The molecule has 1 aromatic carbocycles. The number of aryl methyl sites for hydroxylation is 2. The predicted octanol–water partition coefficient (Wildman–Crippen LogP) is 1.87. The molecule has 177 valence electrons. The molecule has 0 spiro atoms. The molecule has 0 saturated carbocycles. The van der Waals surface area contributed by atoms with Crippen LogP contribution < -0.4 is 16.0 Å². The fourth-order valence-corrected chi connectivity index (χ4v) is 3.09. The van der Waals surface area contributed by atoms with E-state index in [2.05, 4.69) is 20.9 Å². The van der Waals surface area contributed by atoms with E-state index >= 15 is 0 Å². The molecule has 0 fully saturated rings. The Hall–Kier alpha value is -3.02. The van der Waals surface area contributed by atoms with Crippen molar-refractivity contribution in [3.63, 3.8) is 0 Å². The second kappa shape index (κ2) is 14.3. The zero-order chi connectivity index (χ0) is 24.4. The van der Waals surface area contributed by atoms with Crippen LogP contribution in [-0.4, -0.2) is 75.4 Å². The minimum absolute atomic E-state index is 0. The van der Waals surface area contributed by atoms with E-state index in [1.165, 1.54) is 18.2 Å². The number of hydrogen-bond donors (Lipinski definition) is 4. The molecule has 4 N–H and O–H groups in total. The molecule has 0 saturated heterocycles. The first-order valence-electron chi connectivity index (χ1n) is 10.4. The number of anilines is 1. The summed E-state index contributed by atoms with van der Waals surface area (Å²) in [4.78, 5) is 50.4. The molecule has 1 aromatic heterocycles. The van der Waals surface area contributed by atoms with Gasteiger partial charge in [0.2, 0.25) is 11.8 Å². The summed E-state index contributed by atoms with van der Waals surface area (Å²) in [6, 6.07) is 8.89. The molecule has 0 aliphatic carbocycles. The van der Waals surface area contributed by atoms with Crippen LogP contribution in [0.15, 0.2) is 36.4 Å². The Kier molecular flexibility index (Phi) is 12.2. The quantitative estimate of drug-likeness (QED) is 0.155. The van der Waals surface area contributed by atoms with Crippen molar-refractivity contribution >= 4 is 58.8 Å². The first kappa shape index (κ1) is 29.0. The summed E-state index contributed by atoms with van der Waals surface area (Å²) in [6.07, 6.45) is 0.255. The van der Waals surface area contributed by atoms with Crippen molar-refractivity contribution in [2.24, 2.45) is 0 Å². The number of aliphatic carboxylic acids is 1. The van der Waals surface area contributed by atoms with Gasteiger partial charge in [0.25, 0.3) is 5.69 Å². The number of carbonyl (C=O) groups is 3. The summed E-state index contributed by atoms with van der Waals surface area (Å²) in [5.41, 5.74) is 1.43. The van der Waals surface area contributed by atoms with Crippen molar-refractivity contribution in [2.45, 2.75) is 39.2 Å². The summed E-state index contributed by atoms with van der Waals surface area (Å²) < 4.78 is 0. The normalized spacial score (nSPS) is 11.0. The molecule has 11 nitrogen and oxygen atoms in total. The zero-order valence-corrected chi connectivity index (χ0v) is 21.5. The number of rotatable bonds is 12. The Morgan fingerprint density at radius 1 is 1.15 bits per heavy atom. The van der Waals surface area contributed by atoms with Crippen LogP contribution in [0.1, 0.15) is 42.1 Å². The minimum Gasteiger partial charge on any atom is -0.481 e. The van der Waals surface area contributed by atoms with Crippen LogP contribution in [0.5, 0.6) is 0 Å². The van der Waals surface area contributed by atoms with Gasteiger partial charge in [0.15, 0.2) is 0 Å². The first-order valence-corrected chi connectivity index (χ1v) is 10.4. The smallest absolute Gasteiger partial charge is 0.305 e. The fourth-order valence-electron chi connectivity index (χ4n) is 3.09. The standard InChI is InChI=1S/C22H27N5O6.Na/c1-14-8-9-16(11-18(14)27(32)33)17(12-22(30)31)26-21(29)13-24-20(28)7-4-10-23-19-6-3-5-15(2)25-19;/h3,5-6,8-9,11,17H,4,7,10,12-13H2,1-2H3,(H,23,25)(H,24,28)(H,26,29)(H,30,31);. The number of nitro groups is 1. The average molecular weight is 480 g/mol. The number of carbonyl (C=O) groups excluding carboxylic acids is 2. The van der Waals surface area contributed by atoms with Crippen LogP contribution in [0.4, 0.5) is 11.5 Å². The van der Waals surface area contributed by atoms with Crippen molar-refractivity contribution in [1.82, 2.24) is 15.6 Å². The Morgan fingerprint density at radius 2 is 1.88 bits per heavy atom. The second-order valence-electron chi connectivity index (χ2n) is 7.49. The van der Waals surface area contributed by atoms with Crippen LogP contribution in [0.2, 0.25) is 0 Å². The Balaban J connectivity index is 0.00000578.